The Kier molecular flexibility index (Phi) is 6.83. The average molecular weight is 518 g/mol. The van der Waals surface area contributed by atoms with Gasteiger partial charge in [-0.1, -0.05) is 27.7 Å². The van der Waals surface area contributed by atoms with Gasteiger partial charge in [0.05, 0.1) is 17.5 Å². The van der Waals surface area contributed by atoms with E-state index in [4.69, 9.17) is 4.74 Å². The number of hydrogen-bond donors (Lipinski definition) is 1. The summed E-state index contributed by atoms with van der Waals surface area (Å²) in [5.74, 6) is -0.282. The van der Waals surface area contributed by atoms with Crippen LogP contribution in [0.3, 0.4) is 0 Å². The Morgan fingerprint density at radius 3 is 2.57 bits per heavy atom. The molecule has 30 heavy (non-hydrogen) atoms. The Bertz CT molecular complexity index is 957. The summed E-state index contributed by atoms with van der Waals surface area (Å²) < 4.78 is 30.2. The van der Waals surface area contributed by atoms with Crippen LogP contribution in [0.2, 0.25) is 0 Å². The number of benzene rings is 1. The van der Waals surface area contributed by atoms with Crippen LogP contribution in [-0.2, 0) is 19.4 Å². The highest BCUT2D eigenvalue weighted by Gasteiger charge is 2.49. The quantitative estimate of drug-likeness (QED) is 0.654. The van der Waals surface area contributed by atoms with Crippen molar-refractivity contribution in [2.75, 3.05) is 23.0 Å². The van der Waals surface area contributed by atoms with Gasteiger partial charge in [-0.25, -0.2) is 13.2 Å². The summed E-state index contributed by atoms with van der Waals surface area (Å²) in [7, 11) is -3.12. The summed E-state index contributed by atoms with van der Waals surface area (Å²) in [6.07, 6.45) is -0.570. The van der Waals surface area contributed by atoms with Crippen molar-refractivity contribution >= 4 is 60.4 Å². The molecule has 3 rings (SSSR count). The second-order valence-corrected chi connectivity index (χ2v) is 12.4. The van der Waals surface area contributed by atoms with Crippen molar-refractivity contribution in [2.24, 2.45) is 4.99 Å². The van der Waals surface area contributed by atoms with E-state index < -0.39 is 27.4 Å². The van der Waals surface area contributed by atoms with Gasteiger partial charge in [-0.3, -0.25) is 4.79 Å². The molecule has 0 radical (unpaired) electrons. The van der Waals surface area contributed by atoms with Gasteiger partial charge in [0.25, 0.3) is 0 Å². The van der Waals surface area contributed by atoms with Gasteiger partial charge < -0.3 is 15.0 Å². The van der Waals surface area contributed by atoms with Crippen molar-refractivity contribution in [1.29, 1.82) is 0 Å². The minimum Gasteiger partial charge on any atom is -0.444 e. The van der Waals surface area contributed by atoms with Gasteiger partial charge in [-0.2, -0.15) is 4.99 Å². The van der Waals surface area contributed by atoms with Crippen molar-refractivity contribution in [3.63, 3.8) is 0 Å². The highest BCUT2D eigenvalue weighted by molar-refractivity contribution is 9.10. The Balaban J connectivity index is 1.70. The molecule has 2 aliphatic heterocycles. The fourth-order valence-electron chi connectivity index (χ4n) is 3.22. The van der Waals surface area contributed by atoms with E-state index in [1.54, 1.807) is 20.8 Å². The molecule has 2 atom stereocenters. The normalized spacial score (nSPS) is 24.0. The lowest BCUT2D eigenvalue weighted by molar-refractivity contribution is -0.117. The first-order valence-electron chi connectivity index (χ1n) is 9.44. The third kappa shape index (κ3) is 5.98. The maximum atomic E-state index is 12.4. The number of amides is 2. The summed E-state index contributed by atoms with van der Waals surface area (Å²) >= 11 is 4.71. The Morgan fingerprint density at radius 1 is 1.27 bits per heavy atom. The number of carbonyl (C=O) groups excluding carboxylic acids is 2. The standard InChI is InChI=1S/C19H24BrN3O5S2/c1-19(2,3)28-18(25)21-9-8-16(24)22-17-23(13-6-4-12(20)5-7-13)14-10-30(26,27)11-15(14)29-17/h4-7,14-15H,8-11H2,1-3H3,(H,21,25)/t14-,15+/m1/s1. The molecule has 2 heterocycles. The Hall–Kier alpha value is -1.59. The van der Waals surface area contributed by atoms with Crippen LogP contribution in [-0.4, -0.2) is 60.5 Å². The molecule has 2 fully saturated rings. The van der Waals surface area contributed by atoms with E-state index >= 15 is 0 Å². The lowest BCUT2D eigenvalue weighted by atomic mass is 10.2. The van der Waals surface area contributed by atoms with E-state index in [1.165, 1.54) is 11.8 Å². The zero-order chi connectivity index (χ0) is 22.1. The molecule has 1 N–H and O–H groups in total. The number of halogens is 1. The smallest absolute Gasteiger partial charge is 0.407 e. The summed E-state index contributed by atoms with van der Waals surface area (Å²) in [6, 6.07) is 7.19. The van der Waals surface area contributed by atoms with Crippen LogP contribution in [0, 0.1) is 0 Å². The molecule has 11 heteroatoms. The highest BCUT2D eigenvalue weighted by atomic mass is 79.9. The molecule has 0 aromatic heterocycles. The van der Waals surface area contributed by atoms with Gasteiger partial charge in [0.1, 0.15) is 5.60 Å². The molecule has 2 aliphatic rings. The van der Waals surface area contributed by atoms with Crippen LogP contribution in [0.15, 0.2) is 33.7 Å². The third-order valence-corrected chi connectivity index (χ3v) is 8.14. The highest BCUT2D eigenvalue weighted by Crippen LogP contribution is 2.41. The van der Waals surface area contributed by atoms with Gasteiger partial charge >= 0.3 is 6.09 Å². The number of nitrogens with zero attached hydrogens (tertiary/aromatic N) is 2. The van der Waals surface area contributed by atoms with Crippen LogP contribution in [0.25, 0.3) is 0 Å². The van der Waals surface area contributed by atoms with Gasteiger partial charge in [-0.15, -0.1) is 0 Å². The fraction of sp³-hybridized carbons (Fsp3) is 0.526. The van der Waals surface area contributed by atoms with Gasteiger partial charge in [0, 0.05) is 28.4 Å². The number of nitrogens with one attached hydrogen (secondary N) is 1. The fourth-order valence-corrected chi connectivity index (χ4v) is 7.41. The summed E-state index contributed by atoms with van der Waals surface area (Å²) in [5, 5.41) is 2.87. The summed E-state index contributed by atoms with van der Waals surface area (Å²) in [5.41, 5.74) is 0.173. The monoisotopic (exact) mass is 517 g/mol. The van der Waals surface area contributed by atoms with Crippen molar-refractivity contribution in [3.05, 3.63) is 28.7 Å². The molecule has 2 saturated heterocycles. The molecule has 2 amide bonds. The maximum absolute atomic E-state index is 12.4. The van der Waals surface area contributed by atoms with E-state index in [0.29, 0.717) is 5.17 Å². The first kappa shape index (κ1) is 23.1. The lowest BCUT2D eigenvalue weighted by Gasteiger charge is -2.24. The molecule has 0 aliphatic carbocycles. The van der Waals surface area contributed by atoms with E-state index in [0.717, 1.165) is 10.2 Å². The van der Waals surface area contributed by atoms with Crippen molar-refractivity contribution in [1.82, 2.24) is 5.32 Å². The Labute approximate surface area is 188 Å². The predicted molar refractivity (Wildman–Crippen MR) is 122 cm³/mol. The predicted octanol–water partition coefficient (Wildman–Crippen LogP) is 2.97. The van der Waals surface area contributed by atoms with Crippen LogP contribution >= 0.6 is 27.7 Å². The van der Waals surface area contributed by atoms with Gasteiger partial charge in [0.2, 0.25) is 5.91 Å². The number of anilines is 1. The van der Waals surface area contributed by atoms with Gasteiger partial charge in [-0.05, 0) is 45.0 Å². The SMILES string of the molecule is CC(C)(C)OC(=O)NCCC(=O)N=C1S[C@H]2CS(=O)(=O)C[C@H]2N1c1ccc(Br)cc1. The largest absolute Gasteiger partial charge is 0.444 e. The number of ether oxygens (including phenoxy) is 1. The van der Waals surface area contributed by atoms with E-state index in [-0.39, 0.29) is 35.8 Å². The number of rotatable bonds is 4. The molecule has 164 valence electrons. The lowest BCUT2D eigenvalue weighted by Crippen LogP contribution is -2.37. The second-order valence-electron chi connectivity index (χ2n) is 8.11. The molecule has 0 saturated carbocycles. The number of thioether (sulfide) groups is 1. The first-order chi connectivity index (χ1) is 13.9. The van der Waals surface area contributed by atoms with E-state index in [1.807, 2.05) is 29.2 Å². The number of sulfone groups is 1. The zero-order valence-electron chi connectivity index (χ0n) is 16.9. The number of amidine groups is 1. The number of carbonyl (C=O) groups is 2. The molecule has 0 spiro atoms. The molecular formula is C19H24BrN3O5S2. The maximum Gasteiger partial charge on any atom is 0.407 e. The van der Waals surface area contributed by atoms with E-state index in [9.17, 15) is 18.0 Å². The van der Waals surface area contributed by atoms with Crippen LogP contribution in [0.4, 0.5) is 10.5 Å². The summed E-state index contributed by atoms with van der Waals surface area (Å²) in [6.45, 7) is 5.38. The number of alkyl carbamates (subject to hydrolysis) is 1. The summed E-state index contributed by atoms with van der Waals surface area (Å²) in [4.78, 5) is 30.2. The van der Waals surface area contributed by atoms with Crippen molar-refractivity contribution in [3.8, 4) is 0 Å². The van der Waals surface area contributed by atoms with Crippen LogP contribution in [0.5, 0.6) is 0 Å². The average Bonchev–Trinajstić information content (AvgIpc) is 3.05. The van der Waals surface area contributed by atoms with Crippen molar-refractivity contribution < 1.29 is 22.7 Å². The molecule has 1 aromatic carbocycles. The minimum atomic E-state index is -3.12. The van der Waals surface area contributed by atoms with Gasteiger partial charge in [0.15, 0.2) is 15.0 Å². The minimum absolute atomic E-state index is 0.0190. The third-order valence-electron chi connectivity index (χ3n) is 4.40. The van der Waals surface area contributed by atoms with Crippen LogP contribution in [0.1, 0.15) is 27.2 Å². The van der Waals surface area contributed by atoms with E-state index in [2.05, 4.69) is 26.2 Å². The molecule has 0 bridgehead atoms. The first-order valence-corrected chi connectivity index (χ1v) is 12.9. The molecular weight excluding hydrogens is 494 g/mol. The molecule has 8 nitrogen and oxygen atoms in total. The zero-order valence-corrected chi connectivity index (χ0v) is 20.1. The molecule has 0 unspecified atom stereocenters. The van der Waals surface area contributed by atoms with Crippen molar-refractivity contribution in [2.45, 2.75) is 44.1 Å². The second kappa shape index (κ2) is 8.88. The molecule has 1 aromatic rings. The topological polar surface area (TPSA) is 105 Å². The number of aliphatic imine (C=N–C) groups is 1. The number of hydrogen-bond acceptors (Lipinski definition) is 6. The number of fused-ring (bicyclic) bond motifs is 1. The Morgan fingerprint density at radius 2 is 1.93 bits per heavy atom. The van der Waals surface area contributed by atoms with Crippen LogP contribution < -0.4 is 10.2 Å².